The highest BCUT2D eigenvalue weighted by Crippen LogP contribution is 2.18. The molecule has 1 aromatic heterocycles. The summed E-state index contributed by atoms with van der Waals surface area (Å²) in [5.41, 5.74) is -0.00192. The lowest BCUT2D eigenvalue weighted by Crippen LogP contribution is -2.29. The number of nitrogens with zero attached hydrogens (tertiary/aromatic N) is 3. The number of carbonyl (C=O) groups is 2. The van der Waals surface area contributed by atoms with Gasteiger partial charge in [0.15, 0.2) is 0 Å². The van der Waals surface area contributed by atoms with Gasteiger partial charge in [-0.1, -0.05) is 18.2 Å². The van der Waals surface area contributed by atoms with E-state index in [4.69, 9.17) is 5.11 Å². The van der Waals surface area contributed by atoms with Gasteiger partial charge in [0.2, 0.25) is 0 Å². The summed E-state index contributed by atoms with van der Waals surface area (Å²) < 4.78 is 2.29. The van der Waals surface area contributed by atoms with Crippen LogP contribution in [-0.2, 0) is 11.3 Å². The van der Waals surface area contributed by atoms with E-state index in [-0.39, 0.29) is 30.6 Å². The second-order valence-corrected chi connectivity index (χ2v) is 5.87. The lowest BCUT2D eigenvalue weighted by atomic mass is 10.2. The van der Waals surface area contributed by atoms with Crippen LogP contribution in [0.1, 0.15) is 23.2 Å². The van der Waals surface area contributed by atoms with Crippen molar-refractivity contribution < 1.29 is 19.6 Å². The third-order valence-corrected chi connectivity index (χ3v) is 4.11. The number of aliphatic carboxylic acids is 1. The van der Waals surface area contributed by atoms with Gasteiger partial charge in [0.25, 0.3) is 11.6 Å². The first kappa shape index (κ1) is 18.1. The number of aryl methyl sites for hydroxylation is 1. The third kappa shape index (κ3) is 3.47. The van der Waals surface area contributed by atoms with Crippen molar-refractivity contribution in [3.63, 3.8) is 0 Å². The van der Waals surface area contributed by atoms with Crippen LogP contribution >= 0.6 is 0 Å². The molecule has 27 heavy (non-hydrogen) atoms. The first-order valence-electron chi connectivity index (χ1n) is 8.11. The summed E-state index contributed by atoms with van der Waals surface area (Å²) in [5.74, 6) is -1.66. The van der Waals surface area contributed by atoms with Gasteiger partial charge in [-0.15, -0.1) is 0 Å². The predicted molar refractivity (Wildman–Crippen MR) is 95.9 cm³/mol. The Kier molecular flexibility index (Phi) is 4.84. The van der Waals surface area contributed by atoms with E-state index in [1.165, 1.54) is 22.8 Å². The number of rotatable bonds is 6. The SMILES string of the molecule is O=C(O)CCCn1c(=O)n(C(=O)c2cccc([N+](=O)[O-])c2)c2ccccc21. The summed E-state index contributed by atoms with van der Waals surface area (Å²) in [6.07, 6.45) is 0.124. The lowest BCUT2D eigenvalue weighted by molar-refractivity contribution is -0.384. The molecule has 0 bridgehead atoms. The number of para-hydroxylation sites is 2. The molecule has 138 valence electrons. The van der Waals surface area contributed by atoms with Crippen molar-refractivity contribution in [1.82, 2.24) is 9.13 Å². The van der Waals surface area contributed by atoms with Gasteiger partial charge < -0.3 is 5.11 Å². The molecule has 3 rings (SSSR count). The molecule has 0 aliphatic heterocycles. The highest BCUT2D eigenvalue weighted by atomic mass is 16.6. The molecule has 0 aliphatic carbocycles. The summed E-state index contributed by atoms with van der Waals surface area (Å²) in [6, 6.07) is 11.8. The number of nitro benzene ring substituents is 1. The van der Waals surface area contributed by atoms with Crippen LogP contribution in [0.4, 0.5) is 5.69 Å². The van der Waals surface area contributed by atoms with Crippen molar-refractivity contribution in [1.29, 1.82) is 0 Å². The van der Waals surface area contributed by atoms with Crippen LogP contribution in [0.5, 0.6) is 0 Å². The number of benzene rings is 2. The van der Waals surface area contributed by atoms with Gasteiger partial charge in [-0.3, -0.25) is 24.3 Å². The Morgan fingerprint density at radius 2 is 1.78 bits per heavy atom. The van der Waals surface area contributed by atoms with Crippen molar-refractivity contribution in [2.45, 2.75) is 19.4 Å². The molecule has 9 nitrogen and oxygen atoms in total. The number of fused-ring (bicyclic) bond motifs is 1. The number of hydrogen-bond acceptors (Lipinski definition) is 5. The number of non-ortho nitro benzene ring substituents is 1. The van der Waals surface area contributed by atoms with Gasteiger partial charge in [-0.05, 0) is 24.6 Å². The minimum atomic E-state index is -0.973. The molecule has 1 heterocycles. The minimum Gasteiger partial charge on any atom is -0.481 e. The van der Waals surface area contributed by atoms with E-state index >= 15 is 0 Å². The average molecular weight is 369 g/mol. The quantitative estimate of drug-likeness (QED) is 0.525. The molecule has 0 spiro atoms. The zero-order valence-electron chi connectivity index (χ0n) is 14.1. The number of imidazole rings is 1. The first-order chi connectivity index (χ1) is 12.9. The number of hydrogen-bond donors (Lipinski definition) is 1. The van der Waals surface area contributed by atoms with E-state index in [0.29, 0.717) is 11.0 Å². The van der Waals surface area contributed by atoms with E-state index < -0.39 is 22.5 Å². The van der Waals surface area contributed by atoms with Gasteiger partial charge in [0.05, 0.1) is 16.0 Å². The van der Waals surface area contributed by atoms with E-state index in [9.17, 15) is 24.5 Å². The molecule has 2 aromatic carbocycles. The minimum absolute atomic E-state index is 0.0136. The Hall–Kier alpha value is -3.75. The monoisotopic (exact) mass is 369 g/mol. The normalized spacial score (nSPS) is 10.8. The fourth-order valence-corrected chi connectivity index (χ4v) is 2.89. The molecule has 0 atom stereocenters. The van der Waals surface area contributed by atoms with Crippen LogP contribution in [0.25, 0.3) is 11.0 Å². The Bertz CT molecular complexity index is 1110. The fourth-order valence-electron chi connectivity index (χ4n) is 2.89. The van der Waals surface area contributed by atoms with Crippen LogP contribution in [0, 0.1) is 10.1 Å². The van der Waals surface area contributed by atoms with Crippen molar-refractivity contribution in [3.05, 3.63) is 74.7 Å². The number of carboxylic acid groups (broad SMARTS) is 1. The second-order valence-electron chi connectivity index (χ2n) is 5.87. The Morgan fingerprint density at radius 1 is 1.07 bits per heavy atom. The van der Waals surface area contributed by atoms with Crippen LogP contribution in [0.15, 0.2) is 53.3 Å². The largest absolute Gasteiger partial charge is 0.481 e. The van der Waals surface area contributed by atoms with E-state index in [1.54, 1.807) is 24.3 Å². The first-order valence-corrected chi connectivity index (χ1v) is 8.11. The molecule has 0 radical (unpaired) electrons. The number of aromatic nitrogens is 2. The summed E-state index contributed by atoms with van der Waals surface area (Å²) in [7, 11) is 0. The fraction of sp³-hybridized carbons (Fsp3) is 0.167. The molecule has 0 amide bonds. The molecule has 0 aliphatic rings. The predicted octanol–water partition coefficient (Wildman–Crippen LogP) is 2.26. The van der Waals surface area contributed by atoms with E-state index in [0.717, 1.165) is 10.6 Å². The van der Waals surface area contributed by atoms with Gasteiger partial charge in [0, 0.05) is 30.7 Å². The second kappa shape index (κ2) is 7.24. The highest BCUT2D eigenvalue weighted by molar-refractivity contribution is 6.01. The molecule has 0 unspecified atom stereocenters. The van der Waals surface area contributed by atoms with E-state index in [1.807, 2.05) is 0 Å². The molecule has 0 saturated heterocycles. The van der Waals surface area contributed by atoms with Crippen molar-refractivity contribution >= 4 is 28.6 Å². The van der Waals surface area contributed by atoms with Crippen LogP contribution in [0.2, 0.25) is 0 Å². The Morgan fingerprint density at radius 3 is 2.44 bits per heavy atom. The Labute approximate surface area is 152 Å². The van der Waals surface area contributed by atoms with Crippen molar-refractivity contribution in [2.24, 2.45) is 0 Å². The zero-order valence-corrected chi connectivity index (χ0v) is 14.1. The van der Waals surface area contributed by atoms with Crippen LogP contribution in [-0.4, -0.2) is 31.0 Å². The molecule has 0 saturated carbocycles. The zero-order chi connectivity index (χ0) is 19.6. The smallest absolute Gasteiger partial charge is 0.336 e. The molecule has 1 N–H and O–H groups in total. The van der Waals surface area contributed by atoms with Gasteiger partial charge in [-0.2, -0.15) is 0 Å². The van der Waals surface area contributed by atoms with Crippen molar-refractivity contribution in [3.8, 4) is 0 Å². The molecule has 3 aromatic rings. The van der Waals surface area contributed by atoms with Crippen LogP contribution in [0.3, 0.4) is 0 Å². The van der Waals surface area contributed by atoms with E-state index in [2.05, 4.69) is 0 Å². The molecular formula is C18H15N3O6. The maximum absolute atomic E-state index is 12.9. The number of nitro groups is 1. The lowest BCUT2D eigenvalue weighted by Gasteiger charge is -2.02. The summed E-state index contributed by atoms with van der Waals surface area (Å²) in [6.45, 7) is 0.140. The maximum Gasteiger partial charge on any atom is 0.336 e. The topological polar surface area (TPSA) is 124 Å². The molecule has 9 heteroatoms. The maximum atomic E-state index is 12.9. The standard InChI is InChI=1S/C18H15N3O6/c22-16(23)9-4-10-19-14-7-1-2-8-15(14)20(18(19)25)17(24)12-5-3-6-13(11-12)21(26)27/h1-3,5-8,11H,4,9-10H2,(H,22,23). The summed E-state index contributed by atoms with van der Waals surface area (Å²) >= 11 is 0. The van der Waals surface area contributed by atoms with Gasteiger partial charge >= 0.3 is 11.7 Å². The Balaban J connectivity index is 2.09. The van der Waals surface area contributed by atoms with Crippen molar-refractivity contribution in [2.75, 3.05) is 0 Å². The highest BCUT2D eigenvalue weighted by Gasteiger charge is 2.21. The average Bonchev–Trinajstić information content (AvgIpc) is 2.93. The third-order valence-electron chi connectivity index (χ3n) is 4.11. The van der Waals surface area contributed by atoms with Gasteiger partial charge in [0.1, 0.15) is 0 Å². The number of carbonyl (C=O) groups excluding carboxylic acids is 1. The summed E-state index contributed by atoms with van der Waals surface area (Å²) in [4.78, 5) is 46.8. The summed E-state index contributed by atoms with van der Waals surface area (Å²) in [5, 5.41) is 19.7. The molecule has 0 fully saturated rings. The molecular weight excluding hydrogens is 354 g/mol. The number of carboxylic acids is 1. The van der Waals surface area contributed by atoms with Crippen LogP contribution < -0.4 is 5.69 Å². The van der Waals surface area contributed by atoms with Gasteiger partial charge in [-0.25, -0.2) is 9.36 Å².